The molecule has 0 atom stereocenters. The van der Waals surface area contributed by atoms with Crippen molar-refractivity contribution in [2.75, 3.05) is 25.1 Å². The van der Waals surface area contributed by atoms with Crippen LogP contribution < -0.4 is 4.90 Å². The van der Waals surface area contributed by atoms with Gasteiger partial charge in [-0.3, -0.25) is 15.2 Å². The highest BCUT2D eigenvalue weighted by Crippen LogP contribution is 2.34. The van der Waals surface area contributed by atoms with E-state index in [4.69, 9.17) is 4.74 Å². The predicted molar refractivity (Wildman–Crippen MR) is 87.2 cm³/mol. The van der Waals surface area contributed by atoms with Crippen molar-refractivity contribution in [1.29, 1.82) is 0 Å². The van der Waals surface area contributed by atoms with Gasteiger partial charge < -0.3 is 9.64 Å². The Balaban J connectivity index is 1.83. The molecule has 1 aromatic carbocycles. The van der Waals surface area contributed by atoms with E-state index in [0.29, 0.717) is 30.3 Å². The lowest BCUT2D eigenvalue weighted by Crippen LogP contribution is -2.33. The molecule has 0 amide bonds. The zero-order chi connectivity index (χ0) is 17.1. The first-order chi connectivity index (χ1) is 11.6. The Labute approximate surface area is 138 Å². The number of hydrogen-bond donors (Lipinski definition) is 1. The number of piperidine rings is 1. The van der Waals surface area contributed by atoms with Gasteiger partial charge in [-0.25, -0.2) is 4.79 Å². The van der Waals surface area contributed by atoms with E-state index in [2.05, 4.69) is 10.2 Å². The Morgan fingerprint density at radius 2 is 2.12 bits per heavy atom. The number of aromatic amines is 1. The Morgan fingerprint density at radius 3 is 2.71 bits per heavy atom. The number of nitro benzene ring substituents is 1. The third kappa shape index (κ3) is 3.08. The maximum Gasteiger partial charge on any atom is 0.337 e. The van der Waals surface area contributed by atoms with E-state index in [1.165, 1.54) is 19.2 Å². The second-order valence-electron chi connectivity index (χ2n) is 5.73. The van der Waals surface area contributed by atoms with E-state index < -0.39 is 10.9 Å². The number of rotatable bonds is 4. The lowest BCUT2D eigenvalue weighted by atomic mass is 9.93. The molecule has 2 heterocycles. The number of aromatic nitrogens is 2. The van der Waals surface area contributed by atoms with Crippen molar-refractivity contribution < 1.29 is 14.5 Å². The highest BCUT2D eigenvalue weighted by Gasteiger charge is 2.27. The number of carbonyl (C=O) groups is 1. The van der Waals surface area contributed by atoms with Crippen molar-refractivity contribution >= 4 is 17.3 Å². The lowest BCUT2D eigenvalue weighted by Gasteiger charge is -2.33. The summed E-state index contributed by atoms with van der Waals surface area (Å²) >= 11 is 0. The summed E-state index contributed by atoms with van der Waals surface area (Å²) in [6.45, 7) is 1.35. The van der Waals surface area contributed by atoms with Crippen LogP contribution >= 0.6 is 0 Å². The molecular formula is C16H18N4O4. The molecule has 0 bridgehead atoms. The second-order valence-corrected chi connectivity index (χ2v) is 5.73. The first-order valence-electron chi connectivity index (χ1n) is 7.71. The topological polar surface area (TPSA) is 101 Å². The Hall–Kier alpha value is -2.90. The van der Waals surface area contributed by atoms with Crippen LogP contribution in [-0.4, -0.2) is 41.3 Å². The lowest BCUT2D eigenvalue weighted by molar-refractivity contribution is -0.384. The summed E-state index contributed by atoms with van der Waals surface area (Å²) in [4.78, 5) is 24.6. The number of H-pyrrole nitrogens is 1. The van der Waals surface area contributed by atoms with Gasteiger partial charge >= 0.3 is 5.97 Å². The van der Waals surface area contributed by atoms with Gasteiger partial charge in [-0.05, 0) is 31.0 Å². The first-order valence-corrected chi connectivity index (χ1v) is 7.71. The minimum Gasteiger partial charge on any atom is -0.465 e. The number of hydrogen-bond acceptors (Lipinski definition) is 6. The monoisotopic (exact) mass is 330 g/mol. The van der Waals surface area contributed by atoms with Gasteiger partial charge in [-0.1, -0.05) is 0 Å². The van der Waals surface area contributed by atoms with Crippen molar-refractivity contribution in [1.82, 2.24) is 10.2 Å². The third-order valence-corrected chi connectivity index (χ3v) is 4.39. The normalized spacial score (nSPS) is 15.3. The van der Waals surface area contributed by atoms with Gasteiger partial charge in [0, 0.05) is 37.0 Å². The summed E-state index contributed by atoms with van der Waals surface area (Å²) in [5, 5.41) is 18.3. The zero-order valence-electron chi connectivity index (χ0n) is 13.3. The van der Waals surface area contributed by atoms with Crippen LogP contribution in [0, 0.1) is 10.1 Å². The maximum atomic E-state index is 11.7. The van der Waals surface area contributed by atoms with Crippen LogP contribution in [0.2, 0.25) is 0 Å². The molecule has 0 radical (unpaired) electrons. The van der Waals surface area contributed by atoms with Crippen LogP contribution in [0.5, 0.6) is 0 Å². The van der Waals surface area contributed by atoms with E-state index in [-0.39, 0.29) is 5.69 Å². The molecule has 1 N–H and O–H groups in total. The van der Waals surface area contributed by atoms with Crippen LogP contribution in [0.4, 0.5) is 11.4 Å². The van der Waals surface area contributed by atoms with Gasteiger partial charge in [0.25, 0.3) is 5.69 Å². The summed E-state index contributed by atoms with van der Waals surface area (Å²) < 4.78 is 4.71. The molecule has 126 valence electrons. The number of carbonyl (C=O) groups excluding carboxylic acids is 1. The van der Waals surface area contributed by atoms with E-state index >= 15 is 0 Å². The van der Waals surface area contributed by atoms with Gasteiger partial charge in [0.05, 0.1) is 17.6 Å². The second kappa shape index (κ2) is 6.69. The molecular weight excluding hydrogens is 312 g/mol. The molecule has 1 saturated heterocycles. The standard InChI is InChI=1S/C16H18N4O4/c1-24-16(21)12-2-3-14(20(22)23)15(10-12)19-8-5-11(6-9-19)13-4-7-17-18-13/h2-4,7,10-11H,5-6,8-9H2,1H3,(H,17,18). The molecule has 8 heteroatoms. The fourth-order valence-electron chi connectivity index (χ4n) is 3.10. The van der Waals surface area contributed by atoms with Crippen LogP contribution in [0.15, 0.2) is 30.5 Å². The molecule has 0 aliphatic carbocycles. The Bertz CT molecular complexity index is 737. The zero-order valence-corrected chi connectivity index (χ0v) is 13.3. The average Bonchev–Trinajstić information content (AvgIpc) is 3.15. The van der Waals surface area contributed by atoms with Crippen molar-refractivity contribution in [2.24, 2.45) is 0 Å². The van der Waals surface area contributed by atoms with E-state index in [1.807, 2.05) is 11.0 Å². The number of nitrogens with one attached hydrogen (secondary N) is 1. The number of benzene rings is 1. The predicted octanol–water partition coefficient (Wildman–Crippen LogP) is 2.49. The molecule has 0 saturated carbocycles. The van der Waals surface area contributed by atoms with Crippen LogP contribution in [0.25, 0.3) is 0 Å². The first kappa shape index (κ1) is 16.0. The molecule has 1 fully saturated rings. The SMILES string of the molecule is COC(=O)c1ccc([N+](=O)[O-])c(N2CCC(c3ccn[nH]3)CC2)c1. The molecule has 24 heavy (non-hydrogen) atoms. The van der Waals surface area contributed by atoms with Crippen molar-refractivity contribution in [2.45, 2.75) is 18.8 Å². The third-order valence-electron chi connectivity index (χ3n) is 4.39. The van der Waals surface area contributed by atoms with E-state index in [1.54, 1.807) is 12.3 Å². The van der Waals surface area contributed by atoms with E-state index in [0.717, 1.165) is 18.5 Å². The molecule has 1 aliphatic heterocycles. The molecule has 3 rings (SSSR count). The summed E-state index contributed by atoms with van der Waals surface area (Å²) in [7, 11) is 1.29. The summed E-state index contributed by atoms with van der Waals surface area (Å²) in [6, 6.07) is 6.29. The van der Waals surface area contributed by atoms with Crippen molar-refractivity contribution in [3.8, 4) is 0 Å². The van der Waals surface area contributed by atoms with E-state index in [9.17, 15) is 14.9 Å². The average molecular weight is 330 g/mol. The van der Waals surface area contributed by atoms with Crippen LogP contribution in [0.1, 0.15) is 34.8 Å². The molecule has 1 aromatic heterocycles. The number of anilines is 1. The Morgan fingerprint density at radius 1 is 1.38 bits per heavy atom. The molecule has 8 nitrogen and oxygen atoms in total. The number of esters is 1. The van der Waals surface area contributed by atoms with Crippen LogP contribution in [0.3, 0.4) is 0 Å². The van der Waals surface area contributed by atoms with Gasteiger partial charge in [0.2, 0.25) is 0 Å². The van der Waals surface area contributed by atoms with Gasteiger partial charge in [-0.2, -0.15) is 5.10 Å². The Kier molecular flexibility index (Phi) is 4.45. The van der Waals surface area contributed by atoms with Crippen LogP contribution in [-0.2, 0) is 4.74 Å². The van der Waals surface area contributed by atoms with Gasteiger partial charge in [0.15, 0.2) is 0 Å². The summed E-state index contributed by atoms with van der Waals surface area (Å²) in [5.74, 6) is -0.134. The number of methoxy groups -OCH3 is 1. The fourth-order valence-corrected chi connectivity index (χ4v) is 3.10. The minimum atomic E-state index is -0.501. The highest BCUT2D eigenvalue weighted by molar-refractivity contribution is 5.91. The van der Waals surface area contributed by atoms with Crippen molar-refractivity contribution in [3.63, 3.8) is 0 Å². The number of nitrogens with zero attached hydrogens (tertiary/aromatic N) is 3. The number of ether oxygens (including phenoxy) is 1. The maximum absolute atomic E-state index is 11.7. The highest BCUT2D eigenvalue weighted by atomic mass is 16.6. The molecule has 1 aliphatic rings. The summed E-state index contributed by atoms with van der Waals surface area (Å²) in [6.07, 6.45) is 3.45. The quantitative estimate of drug-likeness (QED) is 0.525. The molecule has 0 unspecified atom stereocenters. The van der Waals surface area contributed by atoms with Gasteiger partial charge in [0.1, 0.15) is 5.69 Å². The minimum absolute atomic E-state index is 0.00245. The molecule has 0 spiro atoms. The fraction of sp³-hybridized carbons (Fsp3) is 0.375. The van der Waals surface area contributed by atoms with Gasteiger partial charge in [-0.15, -0.1) is 0 Å². The smallest absolute Gasteiger partial charge is 0.337 e. The number of nitro groups is 1. The summed E-state index contributed by atoms with van der Waals surface area (Å²) in [5.41, 5.74) is 1.87. The molecule has 2 aromatic rings. The largest absolute Gasteiger partial charge is 0.465 e. The van der Waals surface area contributed by atoms with Crippen molar-refractivity contribution in [3.05, 3.63) is 51.8 Å².